The second-order valence-corrected chi connectivity index (χ2v) is 5.34. The van der Waals surface area contributed by atoms with Crippen LogP contribution in [0.2, 0.25) is 0 Å². The van der Waals surface area contributed by atoms with Crippen LogP contribution in [-0.2, 0) is 26.6 Å². The number of aromatic nitrogens is 2. The molecule has 0 spiro atoms. The minimum absolute atomic E-state index is 0.107. The number of nitrogens with zero attached hydrogens (tertiary/aromatic N) is 3. The second-order valence-electron chi connectivity index (χ2n) is 3.38. The molecule has 2 N–H and O–H groups in total. The van der Waals surface area contributed by atoms with Gasteiger partial charge in [-0.15, -0.1) is 0 Å². The van der Waals surface area contributed by atoms with Crippen molar-refractivity contribution in [2.45, 2.75) is 5.03 Å². The van der Waals surface area contributed by atoms with Crippen LogP contribution in [0.1, 0.15) is 0 Å². The molecule has 0 aromatic carbocycles. The molecular formula is C8H14N4O4S. The SMILES string of the molecule is COC(=O)CN(C)S(=O)(=O)c1c(N)ncn1C. The molecule has 1 rings (SSSR count). The normalized spacial score (nSPS) is 11.8. The number of carbonyl (C=O) groups excluding carboxylic acids is 1. The van der Waals surface area contributed by atoms with Gasteiger partial charge in [0.1, 0.15) is 6.54 Å². The molecule has 9 heteroatoms. The van der Waals surface area contributed by atoms with Crippen LogP contribution >= 0.6 is 0 Å². The van der Waals surface area contributed by atoms with Crippen molar-refractivity contribution in [1.82, 2.24) is 13.9 Å². The monoisotopic (exact) mass is 262 g/mol. The molecular weight excluding hydrogens is 248 g/mol. The standard InChI is InChI=1S/C8H14N4O4S/c1-11-5-10-7(9)8(11)17(14,15)12(2)4-6(13)16-3/h5H,4,9H2,1-3H3. The van der Waals surface area contributed by atoms with Crippen molar-refractivity contribution in [3.05, 3.63) is 6.33 Å². The average molecular weight is 262 g/mol. The number of nitrogens with two attached hydrogens (primary N) is 1. The van der Waals surface area contributed by atoms with E-state index in [1.807, 2.05) is 0 Å². The minimum Gasteiger partial charge on any atom is -0.468 e. The lowest BCUT2D eigenvalue weighted by molar-refractivity contribution is -0.140. The number of esters is 1. The highest BCUT2D eigenvalue weighted by atomic mass is 32.2. The summed E-state index contributed by atoms with van der Waals surface area (Å²) in [6.07, 6.45) is 1.29. The summed E-state index contributed by atoms with van der Waals surface area (Å²) < 4.78 is 30.7. The highest BCUT2D eigenvalue weighted by Crippen LogP contribution is 2.19. The van der Waals surface area contributed by atoms with Gasteiger partial charge in [-0.1, -0.05) is 0 Å². The summed E-state index contributed by atoms with van der Waals surface area (Å²) in [5.41, 5.74) is 5.47. The second kappa shape index (κ2) is 4.72. The van der Waals surface area contributed by atoms with Gasteiger partial charge < -0.3 is 15.0 Å². The Morgan fingerprint density at radius 3 is 2.65 bits per heavy atom. The highest BCUT2D eigenvalue weighted by Gasteiger charge is 2.28. The van der Waals surface area contributed by atoms with Crippen molar-refractivity contribution in [2.24, 2.45) is 7.05 Å². The first-order valence-corrected chi connectivity index (χ1v) is 6.04. The van der Waals surface area contributed by atoms with Gasteiger partial charge in [-0.05, 0) is 0 Å². The molecule has 1 aromatic heterocycles. The molecule has 96 valence electrons. The number of ether oxygens (including phenoxy) is 1. The fourth-order valence-corrected chi connectivity index (χ4v) is 2.53. The molecule has 0 fully saturated rings. The zero-order valence-corrected chi connectivity index (χ0v) is 10.6. The Bertz CT molecular complexity index is 502. The third kappa shape index (κ3) is 2.56. The van der Waals surface area contributed by atoms with Gasteiger partial charge in [0.2, 0.25) is 0 Å². The van der Waals surface area contributed by atoms with Gasteiger partial charge in [-0.2, -0.15) is 4.31 Å². The van der Waals surface area contributed by atoms with Crippen molar-refractivity contribution < 1.29 is 17.9 Å². The molecule has 0 saturated heterocycles. The van der Waals surface area contributed by atoms with Gasteiger partial charge >= 0.3 is 5.97 Å². The Morgan fingerprint density at radius 1 is 1.65 bits per heavy atom. The molecule has 8 nitrogen and oxygen atoms in total. The molecule has 1 aromatic rings. The van der Waals surface area contributed by atoms with Gasteiger partial charge in [0, 0.05) is 14.1 Å². The first kappa shape index (κ1) is 13.5. The van der Waals surface area contributed by atoms with Crippen LogP contribution in [0.15, 0.2) is 11.4 Å². The van der Waals surface area contributed by atoms with E-state index in [9.17, 15) is 13.2 Å². The van der Waals surface area contributed by atoms with E-state index in [2.05, 4.69) is 9.72 Å². The maximum absolute atomic E-state index is 12.1. The number of hydrogen-bond donors (Lipinski definition) is 1. The predicted octanol–water partition coefficient (Wildman–Crippen LogP) is -1.20. The number of sulfonamides is 1. The first-order valence-electron chi connectivity index (χ1n) is 4.60. The number of rotatable bonds is 4. The quantitative estimate of drug-likeness (QED) is 0.683. The zero-order valence-electron chi connectivity index (χ0n) is 9.74. The van der Waals surface area contributed by atoms with Gasteiger partial charge in [0.15, 0.2) is 10.8 Å². The molecule has 0 unspecified atom stereocenters. The molecule has 0 aliphatic heterocycles. The molecule has 0 saturated carbocycles. The maximum Gasteiger partial charge on any atom is 0.321 e. The Balaban J connectivity index is 3.08. The van der Waals surface area contributed by atoms with Crippen molar-refractivity contribution >= 4 is 21.8 Å². The van der Waals surface area contributed by atoms with E-state index in [1.165, 1.54) is 32.1 Å². The number of imidazole rings is 1. The molecule has 17 heavy (non-hydrogen) atoms. The summed E-state index contributed by atoms with van der Waals surface area (Å²) in [5.74, 6) is -0.763. The Hall–Kier alpha value is -1.61. The van der Waals surface area contributed by atoms with Gasteiger partial charge in [0.25, 0.3) is 10.0 Å². The summed E-state index contributed by atoms with van der Waals surface area (Å²) in [5, 5.41) is -0.149. The smallest absolute Gasteiger partial charge is 0.321 e. The molecule has 1 heterocycles. The number of likely N-dealkylation sites (N-methyl/N-ethyl adjacent to an activating group) is 1. The number of anilines is 1. The lowest BCUT2D eigenvalue weighted by atomic mass is 10.7. The Morgan fingerprint density at radius 2 is 2.24 bits per heavy atom. The minimum atomic E-state index is -3.85. The highest BCUT2D eigenvalue weighted by molar-refractivity contribution is 7.89. The van der Waals surface area contributed by atoms with E-state index in [-0.39, 0.29) is 17.4 Å². The number of methoxy groups -OCH3 is 1. The van der Waals surface area contributed by atoms with Crippen molar-refractivity contribution in [1.29, 1.82) is 0 Å². The van der Waals surface area contributed by atoms with Gasteiger partial charge in [-0.25, -0.2) is 13.4 Å². The Labute approximate surface area is 99.0 Å². The van der Waals surface area contributed by atoms with Crippen LogP contribution in [0.5, 0.6) is 0 Å². The first-order chi connectivity index (χ1) is 7.80. The van der Waals surface area contributed by atoms with Crippen LogP contribution in [-0.4, -0.2) is 48.9 Å². The summed E-state index contributed by atoms with van der Waals surface area (Å²) >= 11 is 0. The zero-order chi connectivity index (χ0) is 13.2. The van der Waals surface area contributed by atoms with Crippen molar-refractivity contribution in [3.63, 3.8) is 0 Å². The molecule has 0 amide bonds. The van der Waals surface area contributed by atoms with Gasteiger partial charge in [-0.3, -0.25) is 4.79 Å². The van der Waals surface area contributed by atoms with E-state index < -0.39 is 16.0 Å². The molecule has 0 atom stereocenters. The molecule has 0 bridgehead atoms. The van der Waals surface area contributed by atoms with Crippen molar-refractivity contribution in [2.75, 3.05) is 26.4 Å². The van der Waals surface area contributed by atoms with Crippen LogP contribution in [0, 0.1) is 0 Å². The summed E-state index contributed by atoms with van der Waals surface area (Å²) in [7, 11) is 0.0924. The average Bonchev–Trinajstić information content (AvgIpc) is 2.58. The van der Waals surface area contributed by atoms with Crippen LogP contribution in [0.25, 0.3) is 0 Å². The predicted molar refractivity (Wildman–Crippen MR) is 59.5 cm³/mol. The third-order valence-corrected chi connectivity index (χ3v) is 4.08. The lowest BCUT2D eigenvalue weighted by Crippen LogP contribution is -2.34. The maximum atomic E-state index is 12.1. The number of aryl methyl sites for hydroxylation is 1. The lowest BCUT2D eigenvalue weighted by Gasteiger charge is -2.16. The summed E-state index contributed by atoms with van der Waals surface area (Å²) in [6.45, 7) is -0.385. The fourth-order valence-electron chi connectivity index (χ4n) is 1.23. The molecule has 0 aliphatic carbocycles. The summed E-state index contributed by atoms with van der Waals surface area (Å²) in [4.78, 5) is 14.7. The van der Waals surface area contributed by atoms with Gasteiger partial charge in [0.05, 0.1) is 13.4 Å². The van der Waals surface area contributed by atoms with Crippen LogP contribution < -0.4 is 5.73 Å². The summed E-state index contributed by atoms with van der Waals surface area (Å²) in [6, 6.07) is 0. The third-order valence-electron chi connectivity index (χ3n) is 2.14. The van der Waals surface area contributed by atoms with Crippen LogP contribution in [0.4, 0.5) is 5.82 Å². The number of nitrogen functional groups attached to an aromatic ring is 1. The van der Waals surface area contributed by atoms with E-state index in [0.29, 0.717) is 0 Å². The van der Waals surface area contributed by atoms with E-state index >= 15 is 0 Å². The number of carbonyl (C=O) groups is 1. The topological polar surface area (TPSA) is 108 Å². The van der Waals surface area contributed by atoms with Crippen molar-refractivity contribution in [3.8, 4) is 0 Å². The fraction of sp³-hybridized carbons (Fsp3) is 0.500. The Kier molecular flexibility index (Phi) is 3.73. The van der Waals surface area contributed by atoms with E-state index in [0.717, 1.165) is 4.31 Å². The molecule has 0 aliphatic rings. The largest absolute Gasteiger partial charge is 0.468 e. The van der Waals surface area contributed by atoms with Crippen LogP contribution in [0.3, 0.4) is 0 Å². The van der Waals surface area contributed by atoms with E-state index in [4.69, 9.17) is 5.73 Å². The van der Waals surface area contributed by atoms with E-state index in [1.54, 1.807) is 0 Å². The molecule has 0 radical (unpaired) electrons. The number of hydrogen-bond acceptors (Lipinski definition) is 6.